The van der Waals surface area contributed by atoms with E-state index < -0.39 is 24.0 Å². The van der Waals surface area contributed by atoms with E-state index in [1.165, 1.54) is 42.1 Å². The Morgan fingerprint density at radius 2 is 2.05 bits per heavy atom. The second kappa shape index (κ2) is 5.81. The first kappa shape index (κ1) is 13.4. The largest absolute Gasteiger partial charge is 0.389 e. The molecule has 9 heteroatoms. The molecular weight excluding hydrogens is 282 g/mol. The Morgan fingerprint density at radius 3 is 2.71 bits per heavy atom. The fourth-order valence-electron chi connectivity index (χ4n) is 2.08. The SMILES string of the molecule is FC1=CC(F)C(C(Cn2cncn2)On2cncn2)C=C1. The molecule has 110 valence electrons. The van der Waals surface area contributed by atoms with Gasteiger partial charge in [-0.05, 0) is 12.2 Å². The summed E-state index contributed by atoms with van der Waals surface area (Å²) in [5, 5.41) is 7.79. The minimum absolute atomic E-state index is 0.241. The summed E-state index contributed by atoms with van der Waals surface area (Å²) in [6.07, 6.45) is 6.96. The quantitative estimate of drug-likeness (QED) is 0.813. The number of hydrogen-bond donors (Lipinski definition) is 0. The molecule has 2 aromatic rings. The minimum Gasteiger partial charge on any atom is -0.389 e. The van der Waals surface area contributed by atoms with Crippen LogP contribution in [0.3, 0.4) is 0 Å². The monoisotopic (exact) mass is 294 g/mol. The molecule has 7 nitrogen and oxygen atoms in total. The molecule has 3 rings (SSSR count). The molecule has 0 fully saturated rings. The van der Waals surface area contributed by atoms with Gasteiger partial charge in [-0.2, -0.15) is 5.10 Å². The molecule has 0 bridgehead atoms. The van der Waals surface area contributed by atoms with E-state index in [1.807, 2.05) is 0 Å². The summed E-state index contributed by atoms with van der Waals surface area (Å²) < 4.78 is 28.6. The predicted molar refractivity (Wildman–Crippen MR) is 67.1 cm³/mol. The van der Waals surface area contributed by atoms with Crippen molar-refractivity contribution in [1.29, 1.82) is 0 Å². The van der Waals surface area contributed by atoms with Crippen LogP contribution in [0.15, 0.2) is 49.4 Å². The van der Waals surface area contributed by atoms with Crippen LogP contribution in [0.4, 0.5) is 8.78 Å². The van der Waals surface area contributed by atoms with E-state index in [4.69, 9.17) is 4.84 Å². The van der Waals surface area contributed by atoms with Crippen LogP contribution in [0.5, 0.6) is 0 Å². The summed E-state index contributed by atoms with van der Waals surface area (Å²) in [5.41, 5.74) is 0. The van der Waals surface area contributed by atoms with Crippen molar-refractivity contribution < 1.29 is 13.6 Å². The van der Waals surface area contributed by atoms with Crippen LogP contribution < -0.4 is 4.84 Å². The van der Waals surface area contributed by atoms with Crippen LogP contribution in [-0.4, -0.2) is 42.0 Å². The van der Waals surface area contributed by atoms with E-state index in [1.54, 1.807) is 0 Å². The van der Waals surface area contributed by atoms with Gasteiger partial charge in [0, 0.05) is 0 Å². The lowest BCUT2D eigenvalue weighted by atomic mass is 9.92. The lowest BCUT2D eigenvalue weighted by Crippen LogP contribution is -2.40. The number of alkyl halides is 1. The molecule has 3 unspecified atom stereocenters. The van der Waals surface area contributed by atoms with Gasteiger partial charge in [0.15, 0.2) is 12.4 Å². The van der Waals surface area contributed by atoms with Gasteiger partial charge in [0.25, 0.3) is 0 Å². The smallest absolute Gasteiger partial charge is 0.156 e. The molecule has 0 radical (unpaired) electrons. The highest BCUT2D eigenvalue weighted by Gasteiger charge is 2.32. The second-order valence-electron chi connectivity index (χ2n) is 4.49. The van der Waals surface area contributed by atoms with Crippen molar-refractivity contribution in [2.45, 2.75) is 18.8 Å². The summed E-state index contributed by atoms with van der Waals surface area (Å²) >= 11 is 0. The molecule has 3 atom stereocenters. The maximum atomic E-state index is 14.1. The zero-order chi connectivity index (χ0) is 14.7. The van der Waals surface area contributed by atoms with Crippen molar-refractivity contribution in [3.63, 3.8) is 0 Å². The average Bonchev–Trinajstić information content (AvgIpc) is 3.11. The van der Waals surface area contributed by atoms with Gasteiger partial charge in [-0.3, -0.25) is 0 Å². The van der Waals surface area contributed by atoms with E-state index in [0.717, 1.165) is 10.9 Å². The third-order valence-corrected chi connectivity index (χ3v) is 3.07. The topological polar surface area (TPSA) is 70.7 Å². The molecule has 0 amide bonds. The van der Waals surface area contributed by atoms with Gasteiger partial charge in [-0.15, -0.1) is 5.10 Å². The third kappa shape index (κ3) is 3.12. The first-order valence-electron chi connectivity index (χ1n) is 6.26. The van der Waals surface area contributed by atoms with E-state index >= 15 is 0 Å². The van der Waals surface area contributed by atoms with E-state index in [0.29, 0.717) is 0 Å². The number of rotatable bonds is 5. The normalized spacial score (nSPS) is 22.9. The summed E-state index contributed by atoms with van der Waals surface area (Å²) in [4.78, 5) is 14.3. The summed E-state index contributed by atoms with van der Waals surface area (Å²) in [5.74, 6) is -1.27. The molecule has 2 heterocycles. The third-order valence-electron chi connectivity index (χ3n) is 3.07. The molecule has 0 saturated heterocycles. The number of allylic oxidation sites excluding steroid dienone is 3. The Hall–Kier alpha value is -2.58. The van der Waals surface area contributed by atoms with Crippen molar-refractivity contribution in [2.75, 3.05) is 0 Å². The fraction of sp³-hybridized carbons (Fsp3) is 0.333. The van der Waals surface area contributed by atoms with Crippen molar-refractivity contribution >= 4 is 0 Å². The van der Waals surface area contributed by atoms with Crippen LogP contribution in [0.1, 0.15) is 0 Å². The Kier molecular flexibility index (Phi) is 3.71. The molecule has 1 aliphatic carbocycles. The lowest BCUT2D eigenvalue weighted by molar-refractivity contribution is -0.0314. The van der Waals surface area contributed by atoms with Crippen LogP contribution in [0.25, 0.3) is 0 Å². The van der Waals surface area contributed by atoms with Gasteiger partial charge in [0.2, 0.25) is 0 Å². The molecule has 2 aromatic heterocycles. The van der Waals surface area contributed by atoms with Crippen molar-refractivity contribution in [1.82, 2.24) is 29.7 Å². The summed E-state index contributed by atoms with van der Waals surface area (Å²) in [6.45, 7) is 0.241. The summed E-state index contributed by atoms with van der Waals surface area (Å²) in [7, 11) is 0. The molecule has 0 saturated carbocycles. The van der Waals surface area contributed by atoms with Gasteiger partial charge in [-0.25, -0.2) is 23.4 Å². The van der Waals surface area contributed by atoms with E-state index in [9.17, 15) is 8.78 Å². The highest BCUT2D eigenvalue weighted by atomic mass is 19.1. The van der Waals surface area contributed by atoms with Gasteiger partial charge in [-0.1, -0.05) is 10.9 Å². The zero-order valence-electron chi connectivity index (χ0n) is 10.8. The van der Waals surface area contributed by atoms with Crippen LogP contribution in [-0.2, 0) is 6.54 Å². The average molecular weight is 294 g/mol. The van der Waals surface area contributed by atoms with Crippen molar-refractivity contribution in [2.24, 2.45) is 5.92 Å². The molecule has 1 aliphatic rings. The highest BCUT2D eigenvalue weighted by Crippen LogP contribution is 2.25. The molecule has 0 aliphatic heterocycles. The van der Waals surface area contributed by atoms with Crippen LogP contribution in [0.2, 0.25) is 0 Å². The number of nitrogens with zero attached hydrogens (tertiary/aromatic N) is 6. The van der Waals surface area contributed by atoms with Gasteiger partial charge in [0.1, 0.15) is 31.0 Å². The predicted octanol–water partition coefficient (Wildman–Crippen LogP) is 0.745. The minimum atomic E-state index is -1.49. The van der Waals surface area contributed by atoms with Crippen molar-refractivity contribution in [3.05, 3.63) is 49.4 Å². The number of hydrogen-bond acceptors (Lipinski definition) is 5. The Balaban J connectivity index is 1.80. The molecule has 21 heavy (non-hydrogen) atoms. The first-order valence-corrected chi connectivity index (χ1v) is 6.26. The Bertz CT molecular complexity index is 588. The van der Waals surface area contributed by atoms with Gasteiger partial charge < -0.3 is 4.84 Å². The molecular formula is C12H12F2N6O. The second-order valence-corrected chi connectivity index (χ2v) is 4.49. The lowest BCUT2D eigenvalue weighted by Gasteiger charge is -2.27. The molecule has 0 aromatic carbocycles. The molecule has 0 N–H and O–H groups in total. The maximum absolute atomic E-state index is 14.1. The highest BCUT2D eigenvalue weighted by molar-refractivity contribution is 5.22. The van der Waals surface area contributed by atoms with Crippen LogP contribution >= 0.6 is 0 Å². The summed E-state index contributed by atoms with van der Waals surface area (Å²) in [6, 6.07) is 0. The Labute approximate surface area is 118 Å². The van der Waals surface area contributed by atoms with E-state index in [-0.39, 0.29) is 6.54 Å². The zero-order valence-corrected chi connectivity index (χ0v) is 10.8. The van der Waals surface area contributed by atoms with E-state index in [2.05, 4.69) is 20.2 Å². The number of aromatic nitrogens is 6. The van der Waals surface area contributed by atoms with Gasteiger partial charge >= 0.3 is 0 Å². The van der Waals surface area contributed by atoms with Crippen molar-refractivity contribution in [3.8, 4) is 0 Å². The maximum Gasteiger partial charge on any atom is 0.156 e. The molecule has 0 spiro atoms. The standard InChI is InChI=1S/C12H12F2N6O/c13-9-1-2-10(11(14)3-9)12(4-19-7-15-5-17-19)21-20-8-16-6-18-20/h1-3,5-8,10-12H,4H2. The number of halogens is 2. The Morgan fingerprint density at radius 1 is 1.24 bits per heavy atom. The van der Waals surface area contributed by atoms with Crippen LogP contribution in [0, 0.1) is 5.92 Å². The van der Waals surface area contributed by atoms with Gasteiger partial charge in [0.05, 0.1) is 12.5 Å². The first-order chi connectivity index (χ1) is 10.2. The fourth-order valence-corrected chi connectivity index (χ4v) is 2.08.